The fraction of sp³-hybridized carbons (Fsp3) is 0.600. The summed E-state index contributed by atoms with van der Waals surface area (Å²) in [6.07, 6.45) is 4.94. The lowest BCUT2D eigenvalue weighted by atomic mass is 9.90. The largest absolute Gasteiger partial charge is 0.303 e. The van der Waals surface area contributed by atoms with Gasteiger partial charge >= 0.3 is 0 Å². The van der Waals surface area contributed by atoms with Gasteiger partial charge in [-0.15, -0.1) is 0 Å². The smallest absolute Gasteiger partial charge is 0.123 e. The number of benzene rings is 1. The Labute approximate surface area is 104 Å². The Morgan fingerprint density at radius 2 is 1.82 bits per heavy atom. The van der Waals surface area contributed by atoms with Crippen LogP contribution in [0.25, 0.3) is 0 Å². The molecule has 1 aliphatic heterocycles. The topological polar surface area (TPSA) is 3.24 Å². The standard InChI is InChI=1S/C15H22FN/c1-2-9-17-10-7-14(8-11-17)12-13-3-5-15(16)6-4-13/h3-6,14H,2,7-12H2,1H3. The van der Waals surface area contributed by atoms with Crippen LogP contribution in [0.2, 0.25) is 0 Å². The summed E-state index contributed by atoms with van der Waals surface area (Å²) in [4.78, 5) is 2.56. The van der Waals surface area contributed by atoms with E-state index in [1.165, 1.54) is 44.5 Å². The Balaban J connectivity index is 1.79. The first-order chi connectivity index (χ1) is 8.28. The van der Waals surface area contributed by atoms with Gasteiger partial charge < -0.3 is 4.90 Å². The zero-order valence-corrected chi connectivity index (χ0v) is 10.7. The minimum absolute atomic E-state index is 0.133. The van der Waals surface area contributed by atoms with Gasteiger partial charge in [0.15, 0.2) is 0 Å². The molecule has 0 radical (unpaired) electrons. The maximum Gasteiger partial charge on any atom is 0.123 e. The molecule has 1 saturated heterocycles. The van der Waals surface area contributed by atoms with Gasteiger partial charge in [-0.1, -0.05) is 19.1 Å². The summed E-state index contributed by atoms with van der Waals surface area (Å²) in [6, 6.07) is 6.99. The van der Waals surface area contributed by atoms with E-state index in [9.17, 15) is 4.39 Å². The van der Waals surface area contributed by atoms with Gasteiger partial charge in [0.05, 0.1) is 0 Å². The zero-order valence-electron chi connectivity index (χ0n) is 10.7. The SMILES string of the molecule is CCCN1CCC(Cc2ccc(F)cc2)CC1. The average molecular weight is 235 g/mol. The van der Waals surface area contributed by atoms with E-state index in [0.717, 1.165) is 12.3 Å². The van der Waals surface area contributed by atoms with Crippen LogP contribution in [0.3, 0.4) is 0 Å². The molecular weight excluding hydrogens is 213 g/mol. The van der Waals surface area contributed by atoms with Crippen molar-refractivity contribution in [3.05, 3.63) is 35.6 Å². The van der Waals surface area contributed by atoms with E-state index < -0.39 is 0 Å². The van der Waals surface area contributed by atoms with E-state index in [-0.39, 0.29) is 5.82 Å². The average Bonchev–Trinajstić information content (AvgIpc) is 2.35. The predicted octanol–water partition coefficient (Wildman–Crippen LogP) is 3.49. The van der Waals surface area contributed by atoms with Crippen molar-refractivity contribution < 1.29 is 4.39 Å². The normalized spacial score (nSPS) is 18.5. The lowest BCUT2D eigenvalue weighted by molar-refractivity contribution is 0.184. The highest BCUT2D eigenvalue weighted by atomic mass is 19.1. The molecule has 0 unspecified atom stereocenters. The first kappa shape index (κ1) is 12.6. The van der Waals surface area contributed by atoms with Gasteiger partial charge in [0.2, 0.25) is 0 Å². The van der Waals surface area contributed by atoms with Gasteiger partial charge in [-0.3, -0.25) is 0 Å². The fourth-order valence-electron chi connectivity index (χ4n) is 2.68. The molecule has 1 nitrogen and oxygen atoms in total. The van der Waals surface area contributed by atoms with Gasteiger partial charge in [0.25, 0.3) is 0 Å². The zero-order chi connectivity index (χ0) is 12.1. The number of hydrogen-bond donors (Lipinski definition) is 0. The molecule has 1 heterocycles. The molecule has 0 saturated carbocycles. The second kappa shape index (κ2) is 6.15. The molecule has 0 spiro atoms. The fourth-order valence-corrected chi connectivity index (χ4v) is 2.68. The van der Waals surface area contributed by atoms with Crippen molar-refractivity contribution in [3.63, 3.8) is 0 Å². The second-order valence-corrected chi connectivity index (χ2v) is 5.12. The number of hydrogen-bond acceptors (Lipinski definition) is 1. The van der Waals surface area contributed by atoms with Crippen molar-refractivity contribution in [2.45, 2.75) is 32.6 Å². The van der Waals surface area contributed by atoms with Crippen LogP contribution >= 0.6 is 0 Å². The van der Waals surface area contributed by atoms with E-state index in [1.807, 2.05) is 12.1 Å². The van der Waals surface area contributed by atoms with Crippen LogP contribution in [0.4, 0.5) is 4.39 Å². The summed E-state index contributed by atoms with van der Waals surface area (Å²) in [7, 11) is 0. The van der Waals surface area contributed by atoms with Crippen LogP contribution in [-0.4, -0.2) is 24.5 Å². The first-order valence-corrected chi connectivity index (χ1v) is 6.74. The van der Waals surface area contributed by atoms with Gasteiger partial charge in [0.1, 0.15) is 5.82 Å². The van der Waals surface area contributed by atoms with E-state index in [4.69, 9.17) is 0 Å². The molecule has 17 heavy (non-hydrogen) atoms. The molecule has 0 aromatic heterocycles. The van der Waals surface area contributed by atoms with Crippen molar-refractivity contribution in [1.29, 1.82) is 0 Å². The van der Waals surface area contributed by atoms with Crippen molar-refractivity contribution >= 4 is 0 Å². The molecule has 1 aromatic rings. The van der Waals surface area contributed by atoms with Crippen molar-refractivity contribution in [3.8, 4) is 0 Å². The first-order valence-electron chi connectivity index (χ1n) is 6.74. The number of likely N-dealkylation sites (tertiary alicyclic amines) is 1. The van der Waals surface area contributed by atoms with Crippen LogP contribution in [-0.2, 0) is 6.42 Å². The summed E-state index contributed by atoms with van der Waals surface area (Å²) in [6.45, 7) is 5.95. The van der Waals surface area contributed by atoms with Crippen LogP contribution in [0.1, 0.15) is 31.7 Å². The van der Waals surface area contributed by atoms with Gasteiger partial charge in [-0.25, -0.2) is 4.39 Å². The summed E-state index contributed by atoms with van der Waals surface area (Å²) in [5.74, 6) is 0.653. The lowest BCUT2D eigenvalue weighted by Gasteiger charge is -2.31. The Hall–Kier alpha value is -0.890. The summed E-state index contributed by atoms with van der Waals surface area (Å²) in [5, 5.41) is 0. The summed E-state index contributed by atoms with van der Waals surface area (Å²) in [5.41, 5.74) is 1.28. The quantitative estimate of drug-likeness (QED) is 0.772. The Morgan fingerprint density at radius 1 is 1.18 bits per heavy atom. The molecule has 1 aromatic carbocycles. The summed E-state index contributed by atoms with van der Waals surface area (Å²) >= 11 is 0. The second-order valence-electron chi connectivity index (χ2n) is 5.12. The molecule has 0 bridgehead atoms. The van der Waals surface area contributed by atoms with Crippen molar-refractivity contribution in [2.24, 2.45) is 5.92 Å². The monoisotopic (exact) mass is 235 g/mol. The van der Waals surface area contributed by atoms with E-state index >= 15 is 0 Å². The van der Waals surface area contributed by atoms with Crippen molar-refractivity contribution in [2.75, 3.05) is 19.6 Å². The number of nitrogens with zero attached hydrogens (tertiary/aromatic N) is 1. The number of rotatable bonds is 4. The molecule has 0 atom stereocenters. The highest BCUT2D eigenvalue weighted by Gasteiger charge is 2.18. The predicted molar refractivity (Wildman–Crippen MR) is 69.6 cm³/mol. The molecule has 0 N–H and O–H groups in total. The maximum atomic E-state index is 12.8. The lowest BCUT2D eigenvalue weighted by Crippen LogP contribution is -2.34. The third-order valence-corrected chi connectivity index (χ3v) is 3.68. The molecule has 0 aliphatic carbocycles. The highest BCUT2D eigenvalue weighted by molar-refractivity contribution is 5.16. The molecule has 0 amide bonds. The molecule has 94 valence electrons. The molecule has 1 fully saturated rings. The Morgan fingerprint density at radius 3 is 2.41 bits per heavy atom. The molecule has 2 heteroatoms. The Kier molecular flexibility index (Phi) is 4.55. The van der Waals surface area contributed by atoms with Gasteiger partial charge in [-0.2, -0.15) is 0 Å². The van der Waals surface area contributed by atoms with E-state index in [0.29, 0.717) is 0 Å². The highest BCUT2D eigenvalue weighted by Crippen LogP contribution is 2.21. The maximum absolute atomic E-state index is 12.8. The van der Waals surface area contributed by atoms with Crippen LogP contribution in [0.15, 0.2) is 24.3 Å². The number of halogens is 1. The van der Waals surface area contributed by atoms with Crippen LogP contribution in [0.5, 0.6) is 0 Å². The van der Waals surface area contributed by atoms with E-state index in [2.05, 4.69) is 11.8 Å². The third-order valence-electron chi connectivity index (χ3n) is 3.68. The number of piperidine rings is 1. The van der Waals surface area contributed by atoms with Gasteiger partial charge in [0, 0.05) is 0 Å². The molecular formula is C15H22FN. The molecule has 1 aliphatic rings. The van der Waals surface area contributed by atoms with Gasteiger partial charge in [-0.05, 0) is 68.9 Å². The molecule has 2 rings (SSSR count). The third kappa shape index (κ3) is 3.81. The Bertz CT molecular complexity index is 325. The minimum atomic E-state index is -0.133. The van der Waals surface area contributed by atoms with E-state index in [1.54, 1.807) is 12.1 Å². The van der Waals surface area contributed by atoms with Crippen LogP contribution < -0.4 is 0 Å². The summed E-state index contributed by atoms with van der Waals surface area (Å²) < 4.78 is 12.8. The minimum Gasteiger partial charge on any atom is -0.303 e. The van der Waals surface area contributed by atoms with Crippen LogP contribution in [0, 0.1) is 11.7 Å². The van der Waals surface area contributed by atoms with Crippen molar-refractivity contribution in [1.82, 2.24) is 4.90 Å².